The largest absolute Gasteiger partial charge is 0.491 e. The molecule has 1 atom stereocenters. The summed E-state index contributed by atoms with van der Waals surface area (Å²) in [7, 11) is -0.852. The molecule has 0 bridgehead atoms. The molecule has 0 amide bonds. The van der Waals surface area contributed by atoms with E-state index in [1.54, 1.807) is 12.1 Å². The highest BCUT2D eigenvalue weighted by Crippen LogP contribution is 2.43. The van der Waals surface area contributed by atoms with Gasteiger partial charge in [0.25, 0.3) is 5.79 Å². The number of carbonyl (C=O) groups excluding carboxylic acids is 2. The van der Waals surface area contributed by atoms with Crippen molar-refractivity contribution in [3.05, 3.63) is 65.4 Å². The average Bonchev–Trinajstić information content (AvgIpc) is 2.84. The summed E-state index contributed by atoms with van der Waals surface area (Å²) in [5, 5.41) is 12.9. The van der Waals surface area contributed by atoms with Gasteiger partial charge in [-0.3, -0.25) is 0 Å². The normalized spacial score (nSPS) is 15.9. The lowest BCUT2D eigenvalue weighted by molar-refractivity contribution is -0.222. The topological polar surface area (TPSA) is 116 Å². The van der Waals surface area contributed by atoms with E-state index in [0.29, 0.717) is 22.7 Å². The van der Waals surface area contributed by atoms with Crippen molar-refractivity contribution in [1.29, 1.82) is 5.26 Å². The molecule has 9 nitrogen and oxygen atoms in total. The Morgan fingerprint density at radius 3 is 2.26 bits per heavy atom. The second kappa shape index (κ2) is 11.5. The first-order valence-corrected chi connectivity index (χ1v) is 15.5. The SMILES string of the molecule is COc1c(NC=C2C(=O)OC(C)(C)OC2=O)cc(C(C#N)O[Si](C)(C)C(C)(C)C)cc1OCc1ccccc1. The molecule has 0 aromatic heterocycles. The molecule has 2 aromatic carbocycles. The number of nitriles is 1. The Morgan fingerprint density at radius 2 is 1.72 bits per heavy atom. The van der Waals surface area contributed by atoms with Crippen molar-refractivity contribution in [2.24, 2.45) is 0 Å². The van der Waals surface area contributed by atoms with E-state index in [0.717, 1.165) is 5.56 Å². The fourth-order valence-electron chi connectivity index (χ4n) is 3.50. The Morgan fingerprint density at radius 1 is 1.10 bits per heavy atom. The molecular formula is C29H36N2O7Si. The van der Waals surface area contributed by atoms with Crippen LogP contribution in [0.25, 0.3) is 0 Å². The molecule has 39 heavy (non-hydrogen) atoms. The van der Waals surface area contributed by atoms with E-state index in [4.69, 9.17) is 23.4 Å². The van der Waals surface area contributed by atoms with Crippen molar-refractivity contribution >= 4 is 25.9 Å². The third-order valence-electron chi connectivity index (χ3n) is 6.65. The number of nitrogens with zero attached hydrogens (tertiary/aromatic N) is 1. The van der Waals surface area contributed by atoms with Gasteiger partial charge in [-0.25, -0.2) is 9.59 Å². The molecule has 1 aliphatic heterocycles. The third-order valence-corrected chi connectivity index (χ3v) is 11.1. The Kier molecular flexibility index (Phi) is 8.78. The number of anilines is 1. The van der Waals surface area contributed by atoms with E-state index in [9.17, 15) is 14.9 Å². The Hall–Kier alpha value is -3.81. The molecule has 0 spiro atoms. The summed E-state index contributed by atoms with van der Waals surface area (Å²) in [6.07, 6.45) is 0.299. The average molecular weight is 553 g/mol. The number of ether oxygens (including phenoxy) is 4. The van der Waals surface area contributed by atoms with Crippen molar-refractivity contribution in [3.8, 4) is 17.6 Å². The van der Waals surface area contributed by atoms with Gasteiger partial charge < -0.3 is 28.7 Å². The van der Waals surface area contributed by atoms with E-state index in [2.05, 4.69) is 45.3 Å². The quantitative estimate of drug-likeness (QED) is 0.173. The van der Waals surface area contributed by atoms with Gasteiger partial charge in [-0.2, -0.15) is 5.26 Å². The number of hydrogen-bond acceptors (Lipinski definition) is 9. The molecule has 3 rings (SSSR count). The first-order valence-electron chi connectivity index (χ1n) is 12.6. The van der Waals surface area contributed by atoms with Gasteiger partial charge in [-0.1, -0.05) is 51.1 Å². The van der Waals surface area contributed by atoms with Crippen LogP contribution in [0.3, 0.4) is 0 Å². The van der Waals surface area contributed by atoms with E-state index in [-0.39, 0.29) is 17.2 Å². The number of methoxy groups -OCH3 is 1. The maximum atomic E-state index is 12.4. The highest BCUT2D eigenvalue weighted by Gasteiger charge is 2.40. The van der Waals surface area contributed by atoms with Crippen LogP contribution in [0.1, 0.15) is 51.8 Å². The first kappa shape index (κ1) is 29.7. The lowest BCUT2D eigenvalue weighted by atomic mass is 10.1. The highest BCUT2D eigenvalue weighted by atomic mass is 28.4. The number of cyclic esters (lactones) is 2. The van der Waals surface area contributed by atoms with Crippen molar-refractivity contribution in [1.82, 2.24) is 0 Å². The third kappa shape index (κ3) is 7.19. The minimum absolute atomic E-state index is 0.123. The monoisotopic (exact) mass is 552 g/mol. The fourth-order valence-corrected chi connectivity index (χ4v) is 4.64. The van der Waals surface area contributed by atoms with Gasteiger partial charge in [0.2, 0.25) is 0 Å². The second-order valence-electron chi connectivity index (χ2n) is 11.1. The molecule has 208 valence electrons. The highest BCUT2D eigenvalue weighted by molar-refractivity contribution is 6.74. The smallest absolute Gasteiger partial charge is 0.350 e. The number of nitrogens with one attached hydrogen (secondary N) is 1. The van der Waals surface area contributed by atoms with E-state index in [1.165, 1.54) is 27.2 Å². The van der Waals surface area contributed by atoms with Gasteiger partial charge in [0.15, 0.2) is 31.5 Å². The number of esters is 2. The molecule has 1 unspecified atom stereocenters. The molecular weight excluding hydrogens is 516 g/mol. The zero-order valence-corrected chi connectivity index (χ0v) is 24.7. The molecule has 1 fully saturated rings. The Labute approximate surface area is 230 Å². The lowest BCUT2D eigenvalue weighted by Gasteiger charge is -2.37. The van der Waals surface area contributed by atoms with Gasteiger partial charge >= 0.3 is 11.9 Å². The van der Waals surface area contributed by atoms with E-state index < -0.39 is 32.1 Å². The van der Waals surface area contributed by atoms with Crippen LogP contribution in [0.15, 0.2) is 54.2 Å². The van der Waals surface area contributed by atoms with Crippen molar-refractivity contribution in [2.45, 2.75) is 71.2 Å². The predicted molar refractivity (Wildman–Crippen MR) is 148 cm³/mol. The summed E-state index contributed by atoms with van der Waals surface area (Å²) < 4.78 is 28.6. The maximum Gasteiger partial charge on any atom is 0.350 e. The van der Waals surface area contributed by atoms with Crippen LogP contribution in [0.2, 0.25) is 18.1 Å². The molecule has 1 saturated heterocycles. The van der Waals surface area contributed by atoms with Crippen LogP contribution in [-0.4, -0.2) is 33.2 Å². The number of carbonyl (C=O) groups is 2. The molecule has 0 aliphatic carbocycles. The van der Waals surface area contributed by atoms with Crippen LogP contribution in [-0.2, 0) is 30.1 Å². The van der Waals surface area contributed by atoms with Crippen molar-refractivity contribution in [3.63, 3.8) is 0 Å². The molecule has 1 aliphatic rings. The molecule has 1 N–H and O–H groups in total. The van der Waals surface area contributed by atoms with Gasteiger partial charge in [0.05, 0.1) is 18.9 Å². The molecule has 10 heteroatoms. The molecule has 0 radical (unpaired) electrons. The summed E-state index contributed by atoms with van der Waals surface area (Å²) in [6, 6.07) is 15.3. The zero-order chi connectivity index (χ0) is 29.0. The first-order chi connectivity index (χ1) is 18.2. The standard InChI is InChI=1S/C29H36N2O7Si/c1-28(2,3)39(7,8)38-24(16-30)20-14-22(31-17-21-26(32)36-29(4,5)37-27(21)33)25(34-6)23(15-20)35-18-19-12-10-9-11-13-19/h9-15,17,24,31H,18H2,1-8H3. The summed E-state index contributed by atoms with van der Waals surface area (Å²) in [5.74, 6) is -2.34. The number of benzene rings is 2. The molecule has 1 heterocycles. The van der Waals surface area contributed by atoms with Crippen LogP contribution >= 0.6 is 0 Å². The van der Waals surface area contributed by atoms with Gasteiger partial charge in [0.1, 0.15) is 6.61 Å². The fraction of sp³-hybridized carbons (Fsp3) is 0.414. The maximum absolute atomic E-state index is 12.4. The summed E-state index contributed by atoms with van der Waals surface area (Å²) in [4.78, 5) is 24.9. The van der Waals surface area contributed by atoms with E-state index >= 15 is 0 Å². The minimum atomic E-state index is -2.33. The Bertz CT molecular complexity index is 1270. The van der Waals surface area contributed by atoms with Crippen molar-refractivity contribution in [2.75, 3.05) is 12.4 Å². The van der Waals surface area contributed by atoms with Gasteiger partial charge in [-0.05, 0) is 35.8 Å². The van der Waals surface area contributed by atoms with E-state index in [1.807, 2.05) is 30.3 Å². The zero-order valence-electron chi connectivity index (χ0n) is 23.7. The van der Waals surface area contributed by atoms with Crippen LogP contribution < -0.4 is 14.8 Å². The van der Waals surface area contributed by atoms with Crippen LogP contribution in [0.5, 0.6) is 11.5 Å². The minimum Gasteiger partial charge on any atom is -0.491 e. The van der Waals surface area contributed by atoms with Gasteiger partial charge in [-0.15, -0.1) is 0 Å². The van der Waals surface area contributed by atoms with Crippen molar-refractivity contribution < 1.29 is 33.0 Å². The lowest BCUT2D eigenvalue weighted by Crippen LogP contribution is -2.42. The predicted octanol–water partition coefficient (Wildman–Crippen LogP) is 5.99. The summed E-state index contributed by atoms with van der Waals surface area (Å²) >= 11 is 0. The number of hydrogen-bond donors (Lipinski definition) is 1. The van der Waals surface area contributed by atoms with Gasteiger partial charge in [0, 0.05) is 25.6 Å². The van der Waals surface area contributed by atoms with Crippen LogP contribution in [0.4, 0.5) is 5.69 Å². The molecule has 0 saturated carbocycles. The Balaban J connectivity index is 2.04. The second-order valence-corrected chi connectivity index (χ2v) is 15.9. The van der Waals surface area contributed by atoms with Crippen LogP contribution in [0, 0.1) is 11.3 Å². The summed E-state index contributed by atoms with van der Waals surface area (Å²) in [6.45, 7) is 13.6. The molecule has 2 aromatic rings. The summed E-state index contributed by atoms with van der Waals surface area (Å²) in [5.41, 5.74) is 1.51. The number of rotatable bonds is 9.